The van der Waals surface area contributed by atoms with Crippen molar-refractivity contribution in [2.75, 3.05) is 19.6 Å². The fourth-order valence-corrected chi connectivity index (χ4v) is 10.6. The Hall–Kier alpha value is -7.17. The van der Waals surface area contributed by atoms with Crippen LogP contribution < -0.4 is 31.6 Å². The van der Waals surface area contributed by atoms with E-state index in [1.807, 2.05) is 71.3 Å². The third kappa shape index (κ3) is 15.8. The van der Waals surface area contributed by atoms with E-state index in [4.69, 9.17) is 4.74 Å². The van der Waals surface area contributed by atoms with E-state index in [9.17, 15) is 42.7 Å². The molecule has 4 unspecified atom stereocenters. The highest BCUT2D eigenvalue weighted by molar-refractivity contribution is 9.10. The van der Waals surface area contributed by atoms with Crippen LogP contribution in [0.3, 0.4) is 0 Å². The van der Waals surface area contributed by atoms with Gasteiger partial charge in [-0.25, -0.2) is 13.8 Å². The van der Waals surface area contributed by atoms with E-state index in [0.717, 1.165) is 39.4 Å². The minimum Gasteiger partial charge on any atom is -0.487 e. The van der Waals surface area contributed by atoms with Crippen molar-refractivity contribution in [3.05, 3.63) is 144 Å². The summed E-state index contributed by atoms with van der Waals surface area (Å²) in [5.74, 6) is -2.86. The van der Waals surface area contributed by atoms with Gasteiger partial charge < -0.3 is 36.0 Å². The normalized spacial score (nSPS) is 15.1. The van der Waals surface area contributed by atoms with E-state index >= 15 is 0 Å². The quantitative estimate of drug-likeness (QED) is 0.0366. The second kappa shape index (κ2) is 27.3. The number of rotatable bonds is 24. The first-order valence-electron chi connectivity index (χ1n) is 26.7. The van der Waals surface area contributed by atoms with Crippen molar-refractivity contribution < 1.29 is 42.6 Å². The molecule has 6 aromatic rings. The van der Waals surface area contributed by atoms with E-state index in [-0.39, 0.29) is 84.4 Å². The molecule has 18 nitrogen and oxygen atoms in total. The lowest BCUT2D eigenvalue weighted by molar-refractivity contribution is -0.144. The van der Waals surface area contributed by atoms with Gasteiger partial charge in [0.05, 0.1) is 39.6 Å². The summed E-state index contributed by atoms with van der Waals surface area (Å²) in [7, 11) is 0. The van der Waals surface area contributed by atoms with Crippen molar-refractivity contribution in [1.82, 2.24) is 50.7 Å². The number of aromatic nitrogens is 5. The highest BCUT2D eigenvalue weighted by Gasteiger charge is 2.44. The summed E-state index contributed by atoms with van der Waals surface area (Å²) < 4.78 is 36.5. The number of unbranched alkanes of at least 4 members (excludes halogenated alkanes) is 2. The number of carbonyl (C=O) groups is 5. The molecule has 0 radical (unpaired) electrons. The molecule has 1 aliphatic rings. The third-order valence-corrected chi connectivity index (χ3v) is 15.6. The van der Waals surface area contributed by atoms with Gasteiger partial charge in [0.25, 0.3) is 11.5 Å². The number of amides is 5. The van der Waals surface area contributed by atoms with Gasteiger partial charge in [-0.1, -0.05) is 62.7 Å². The van der Waals surface area contributed by atoms with E-state index < -0.39 is 46.7 Å². The van der Waals surface area contributed by atoms with Gasteiger partial charge in [0, 0.05) is 87.0 Å². The Bertz CT molecular complexity index is 3250. The van der Waals surface area contributed by atoms with Crippen LogP contribution in [0.25, 0.3) is 16.1 Å². The van der Waals surface area contributed by atoms with Crippen LogP contribution in [0, 0.1) is 37.8 Å². The number of β-amino-alcohol motifs (C(OH)–C–C–N with tert-alkyl or cyclic N) is 1. The number of likely N-dealkylation sites (tertiary alicyclic amines) is 1. The number of pyridine rings is 1. The Morgan fingerprint density at radius 2 is 1.65 bits per heavy atom. The third-order valence-electron chi connectivity index (χ3n) is 13.9. The number of aryl methyl sites for hydroxylation is 4. The van der Waals surface area contributed by atoms with E-state index in [2.05, 4.69) is 52.5 Å². The molecule has 22 heteroatoms. The zero-order valence-corrected chi connectivity index (χ0v) is 48.4. The molecule has 80 heavy (non-hydrogen) atoms. The fourth-order valence-electron chi connectivity index (χ4n) is 9.39. The van der Waals surface area contributed by atoms with Crippen molar-refractivity contribution in [3.63, 3.8) is 0 Å². The average Bonchev–Trinajstić information content (AvgIpc) is 4.27. The summed E-state index contributed by atoms with van der Waals surface area (Å²) in [5, 5.41) is 30.8. The van der Waals surface area contributed by atoms with Gasteiger partial charge in [0.15, 0.2) is 0 Å². The summed E-state index contributed by atoms with van der Waals surface area (Å²) in [6.07, 6.45) is 4.17. The molecule has 1 fully saturated rings. The number of nitrogens with zero attached hydrogens (tertiary/aromatic N) is 6. The number of ether oxygens (including phenoxy) is 1. The summed E-state index contributed by atoms with van der Waals surface area (Å²) in [6.45, 7) is 13.8. The lowest BCUT2D eigenvalue weighted by Crippen LogP contribution is -2.57. The van der Waals surface area contributed by atoms with Crippen LogP contribution in [-0.2, 0) is 38.8 Å². The molecule has 0 saturated carbocycles. The molecule has 0 aliphatic carbocycles. The molecule has 1 saturated heterocycles. The number of thiazole rings is 1. The molecule has 4 heterocycles. The van der Waals surface area contributed by atoms with Crippen LogP contribution in [0.4, 0.5) is 8.78 Å². The maximum Gasteiger partial charge on any atom is 0.273 e. The number of benzene rings is 3. The second-order valence-corrected chi connectivity index (χ2v) is 22.9. The Kier molecular flexibility index (Phi) is 20.7. The number of hydrogen-bond acceptors (Lipinski definition) is 12. The molecule has 3 aromatic carbocycles. The van der Waals surface area contributed by atoms with Gasteiger partial charge in [-0.3, -0.25) is 38.0 Å². The molecule has 7 rings (SSSR count). The van der Waals surface area contributed by atoms with Crippen molar-refractivity contribution in [1.29, 1.82) is 0 Å². The highest BCUT2D eigenvalue weighted by Crippen LogP contribution is 2.31. The molecule has 0 spiro atoms. The summed E-state index contributed by atoms with van der Waals surface area (Å²) in [6, 6.07) is 15.5. The van der Waals surface area contributed by atoms with Crippen molar-refractivity contribution >= 4 is 56.8 Å². The summed E-state index contributed by atoms with van der Waals surface area (Å²) in [5.41, 5.74) is 6.37. The predicted molar refractivity (Wildman–Crippen MR) is 303 cm³/mol. The first-order chi connectivity index (χ1) is 38.1. The van der Waals surface area contributed by atoms with Crippen LogP contribution in [0.15, 0.2) is 87.7 Å². The highest BCUT2D eigenvalue weighted by atomic mass is 79.9. The topological polar surface area (TPSA) is 232 Å². The number of nitrogens with one attached hydrogen (secondary N) is 4. The molecule has 426 valence electrons. The van der Waals surface area contributed by atoms with Gasteiger partial charge in [-0.15, -0.1) is 16.4 Å². The fraction of sp³-hybridized carbons (Fsp3) is 0.431. The first-order valence-corrected chi connectivity index (χ1v) is 28.4. The Morgan fingerprint density at radius 1 is 0.900 bits per heavy atom. The van der Waals surface area contributed by atoms with Gasteiger partial charge in [-0.05, 0) is 109 Å². The molecule has 3 aromatic heterocycles. The van der Waals surface area contributed by atoms with Gasteiger partial charge in [0.2, 0.25) is 23.6 Å². The van der Waals surface area contributed by atoms with Crippen molar-refractivity contribution in [2.45, 2.75) is 137 Å². The standard InChI is InChI=1S/C58H69BrF2N10O8S/c1-34-14-15-40(27-46(34)71-35(2)26-48(51(59)56(71)77)79-32-41-20-21-42(60)28-45(41)61)54(75)63-24-22-43-30-69(68-67-43)25-11-13-49(73)62-23-10-8-9-12-50(74)66-53(58(5,6)7)57(78)70-31-44(72)29-47(70)55(76)65-36(3)38-16-18-39(19-17-38)52-37(4)64-33-80-52/h14-21,26-28,30,33,36,44,47,53,72H,8-13,22-25,29,31-32H2,1-7H3,(H,62,73)(H,63,75)(H,65,76)(H,66,74). The number of aliphatic hydroxyl groups excluding tert-OH is 1. The van der Waals surface area contributed by atoms with Gasteiger partial charge >= 0.3 is 0 Å². The molecular formula is C58H69BrF2N10O8S. The van der Waals surface area contributed by atoms with E-state index in [0.29, 0.717) is 67.8 Å². The van der Waals surface area contributed by atoms with Crippen molar-refractivity contribution in [3.8, 4) is 21.9 Å². The first kappa shape index (κ1) is 60.5. The molecule has 5 amide bonds. The number of halogens is 3. The Labute approximate surface area is 476 Å². The largest absolute Gasteiger partial charge is 0.487 e. The van der Waals surface area contributed by atoms with Crippen LogP contribution in [0.5, 0.6) is 5.75 Å². The predicted octanol–water partition coefficient (Wildman–Crippen LogP) is 7.90. The smallest absolute Gasteiger partial charge is 0.273 e. The van der Waals surface area contributed by atoms with Gasteiger partial charge in [-0.2, -0.15) is 0 Å². The average molecular weight is 1180 g/mol. The Balaban J connectivity index is 0.780. The minimum atomic E-state index is -0.935. The van der Waals surface area contributed by atoms with Crippen LogP contribution >= 0.6 is 27.3 Å². The maximum atomic E-state index is 14.2. The van der Waals surface area contributed by atoms with E-state index in [1.54, 1.807) is 53.4 Å². The zero-order valence-electron chi connectivity index (χ0n) is 46.0. The zero-order chi connectivity index (χ0) is 57.8. The second-order valence-electron chi connectivity index (χ2n) is 21.3. The molecule has 5 N–H and O–H groups in total. The molecule has 4 atom stereocenters. The lowest BCUT2D eigenvalue weighted by Gasteiger charge is -2.35. The maximum absolute atomic E-state index is 14.2. The number of hydrogen-bond donors (Lipinski definition) is 5. The van der Waals surface area contributed by atoms with E-state index in [1.165, 1.54) is 15.5 Å². The summed E-state index contributed by atoms with van der Waals surface area (Å²) in [4.78, 5) is 87.3. The van der Waals surface area contributed by atoms with Crippen molar-refractivity contribution in [2.24, 2.45) is 5.41 Å². The number of carbonyl (C=O) groups excluding carboxylic acids is 5. The SMILES string of the molecule is Cc1ccc(C(=O)NCCc2cn(CCCC(=O)NCCCCCC(=O)NC(C(=O)N3CC(O)CC3C(=O)NC(C)c3ccc(-c4scnc4C)cc3)C(C)(C)C)nn2)cc1-n1c(C)cc(OCc2ccc(F)cc2F)c(Br)c1=O. The summed E-state index contributed by atoms with van der Waals surface area (Å²) >= 11 is 4.88. The molecule has 1 aliphatic heterocycles. The minimum absolute atomic E-state index is 0.0225. The molecule has 0 bridgehead atoms. The monoisotopic (exact) mass is 1180 g/mol. The van der Waals surface area contributed by atoms with Crippen LogP contribution in [-0.4, -0.2) is 102 Å². The molecular weight excluding hydrogens is 1110 g/mol. The number of aliphatic hydroxyl groups is 1. The van der Waals surface area contributed by atoms with Crippen LogP contribution in [0.2, 0.25) is 0 Å². The van der Waals surface area contributed by atoms with Crippen LogP contribution in [0.1, 0.15) is 123 Å². The Morgan fingerprint density at radius 3 is 2.36 bits per heavy atom. The lowest BCUT2D eigenvalue weighted by atomic mass is 9.85. The van der Waals surface area contributed by atoms with Gasteiger partial charge in [0.1, 0.15) is 40.5 Å².